The molecule has 0 radical (unpaired) electrons. The van der Waals surface area contributed by atoms with Crippen LogP contribution in [0.3, 0.4) is 0 Å². The molecular formula is C8H11BrN2O. The molecule has 12 heavy (non-hydrogen) atoms. The number of aromatic nitrogens is 1. The van der Waals surface area contributed by atoms with Crippen molar-refractivity contribution in [3.05, 3.63) is 16.2 Å². The number of hydrogen-bond acceptors (Lipinski definition) is 3. The number of halogens is 1. The number of nitrogens with zero attached hydrogens (tertiary/aromatic N) is 1. The third-order valence-corrected chi connectivity index (χ3v) is 2.16. The van der Waals surface area contributed by atoms with Crippen LogP contribution >= 0.6 is 15.9 Å². The first-order valence-electron chi connectivity index (χ1n) is 3.70. The maximum atomic E-state index is 5.68. The fourth-order valence-corrected chi connectivity index (χ4v) is 1.20. The molecular weight excluding hydrogens is 220 g/mol. The zero-order valence-corrected chi connectivity index (χ0v) is 8.68. The van der Waals surface area contributed by atoms with Crippen LogP contribution in [0.4, 0.5) is 5.69 Å². The van der Waals surface area contributed by atoms with E-state index in [-0.39, 0.29) is 0 Å². The number of pyridine rings is 1. The van der Waals surface area contributed by atoms with E-state index in [0.29, 0.717) is 18.2 Å². The van der Waals surface area contributed by atoms with Crippen molar-refractivity contribution < 1.29 is 4.74 Å². The molecule has 1 aromatic heterocycles. The highest BCUT2D eigenvalue weighted by molar-refractivity contribution is 9.10. The normalized spacial score (nSPS) is 9.92. The topological polar surface area (TPSA) is 48.1 Å². The lowest BCUT2D eigenvalue weighted by Crippen LogP contribution is -1.99. The predicted molar refractivity (Wildman–Crippen MR) is 52.3 cm³/mol. The Morgan fingerprint density at radius 2 is 2.33 bits per heavy atom. The van der Waals surface area contributed by atoms with Crippen molar-refractivity contribution in [1.82, 2.24) is 4.98 Å². The van der Waals surface area contributed by atoms with E-state index >= 15 is 0 Å². The number of rotatable bonds is 2. The number of anilines is 1. The van der Waals surface area contributed by atoms with E-state index in [2.05, 4.69) is 20.9 Å². The number of nitrogens with two attached hydrogens (primary N) is 1. The minimum atomic E-state index is 0.565. The molecule has 0 atom stereocenters. The van der Waals surface area contributed by atoms with Crippen LogP contribution in [0.5, 0.6) is 5.88 Å². The van der Waals surface area contributed by atoms with E-state index in [1.165, 1.54) is 0 Å². The molecule has 0 aliphatic carbocycles. The van der Waals surface area contributed by atoms with Crippen molar-refractivity contribution in [1.29, 1.82) is 0 Å². The smallest absolute Gasteiger partial charge is 0.230 e. The van der Waals surface area contributed by atoms with Crippen molar-refractivity contribution in [2.24, 2.45) is 0 Å². The number of nitrogen functional groups attached to an aromatic ring is 1. The molecule has 1 aromatic rings. The van der Waals surface area contributed by atoms with Crippen molar-refractivity contribution in [3.63, 3.8) is 0 Å². The second-order valence-corrected chi connectivity index (χ2v) is 3.20. The third kappa shape index (κ3) is 1.88. The minimum absolute atomic E-state index is 0.565. The Hall–Kier alpha value is -0.770. The molecule has 66 valence electrons. The Bertz CT molecular complexity index is 289. The van der Waals surface area contributed by atoms with Crippen LogP contribution in [0.2, 0.25) is 0 Å². The van der Waals surface area contributed by atoms with Gasteiger partial charge in [-0.2, -0.15) is 0 Å². The summed E-state index contributed by atoms with van der Waals surface area (Å²) in [6.07, 6.45) is 0. The fourth-order valence-electron chi connectivity index (χ4n) is 0.886. The quantitative estimate of drug-likeness (QED) is 0.848. The summed E-state index contributed by atoms with van der Waals surface area (Å²) < 4.78 is 5.99. The lowest BCUT2D eigenvalue weighted by molar-refractivity contribution is 0.324. The number of ether oxygens (including phenoxy) is 1. The van der Waals surface area contributed by atoms with Gasteiger partial charge in [0.2, 0.25) is 5.88 Å². The van der Waals surface area contributed by atoms with Crippen molar-refractivity contribution in [3.8, 4) is 5.88 Å². The van der Waals surface area contributed by atoms with E-state index in [1.807, 2.05) is 13.8 Å². The molecule has 0 aliphatic heterocycles. The van der Waals surface area contributed by atoms with Gasteiger partial charge in [0.25, 0.3) is 0 Å². The molecule has 3 nitrogen and oxygen atoms in total. The van der Waals surface area contributed by atoms with Crippen LogP contribution in [-0.4, -0.2) is 11.6 Å². The van der Waals surface area contributed by atoms with Crippen LogP contribution in [0.25, 0.3) is 0 Å². The molecule has 2 N–H and O–H groups in total. The van der Waals surface area contributed by atoms with Gasteiger partial charge in [-0.05, 0) is 35.8 Å². The van der Waals surface area contributed by atoms with Crippen LogP contribution in [-0.2, 0) is 0 Å². The van der Waals surface area contributed by atoms with Gasteiger partial charge in [-0.1, -0.05) is 0 Å². The van der Waals surface area contributed by atoms with Crippen molar-refractivity contribution in [2.75, 3.05) is 12.3 Å². The minimum Gasteiger partial charge on any atom is -0.477 e. The molecule has 0 bridgehead atoms. The summed E-state index contributed by atoms with van der Waals surface area (Å²) >= 11 is 3.30. The Morgan fingerprint density at radius 3 is 2.92 bits per heavy atom. The third-order valence-electron chi connectivity index (χ3n) is 1.36. The van der Waals surface area contributed by atoms with Gasteiger partial charge in [-0.3, -0.25) is 0 Å². The Kier molecular flexibility index (Phi) is 2.92. The SMILES string of the molecule is CCOc1nc(C)cc(N)c1Br. The average molecular weight is 231 g/mol. The molecule has 0 aromatic carbocycles. The van der Waals surface area contributed by atoms with Crippen LogP contribution < -0.4 is 10.5 Å². The van der Waals surface area contributed by atoms with E-state index in [1.54, 1.807) is 6.07 Å². The monoisotopic (exact) mass is 230 g/mol. The predicted octanol–water partition coefficient (Wildman–Crippen LogP) is 2.13. The summed E-state index contributed by atoms with van der Waals surface area (Å²) in [4.78, 5) is 4.17. The second-order valence-electron chi connectivity index (χ2n) is 2.41. The molecule has 0 spiro atoms. The summed E-state index contributed by atoms with van der Waals surface area (Å²) in [6.45, 7) is 4.38. The van der Waals surface area contributed by atoms with Gasteiger partial charge < -0.3 is 10.5 Å². The molecule has 0 aliphatic rings. The van der Waals surface area contributed by atoms with Gasteiger partial charge >= 0.3 is 0 Å². The summed E-state index contributed by atoms with van der Waals surface area (Å²) in [7, 11) is 0. The maximum Gasteiger partial charge on any atom is 0.230 e. The Labute approximate surface area is 80.1 Å². The molecule has 0 fully saturated rings. The number of aryl methyl sites for hydroxylation is 1. The first-order chi connectivity index (χ1) is 5.65. The summed E-state index contributed by atoms with van der Waals surface area (Å²) in [5.74, 6) is 0.565. The first kappa shape index (κ1) is 9.32. The van der Waals surface area contributed by atoms with Gasteiger partial charge in [0, 0.05) is 5.69 Å². The highest BCUT2D eigenvalue weighted by Crippen LogP contribution is 2.29. The van der Waals surface area contributed by atoms with Gasteiger partial charge in [0.15, 0.2) is 0 Å². The van der Waals surface area contributed by atoms with E-state index < -0.39 is 0 Å². The molecule has 0 saturated carbocycles. The summed E-state index contributed by atoms with van der Waals surface area (Å²) in [5, 5.41) is 0. The molecule has 0 saturated heterocycles. The zero-order chi connectivity index (χ0) is 9.14. The highest BCUT2D eigenvalue weighted by Gasteiger charge is 2.06. The van der Waals surface area contributed by atoms with E-state index in [0.717, 1.165) is 10.2 Å². The lowest BCUT2D eigenvalue weighted by atomic mass is 10.3. The largest absolute Gasteiger partial charge is 0.477 e. The van der Waals surface area contributed by atoms with Gasteiger partial charge in [-0.25, -0.2) is 4.98 Å². The van der Waals surface area contributed by atoms with Crippen LogP contribution in [0.1, 0.15) is 12.6 Å². The van der Waals surface area contributed by atoms with E-state index in [9.17, 15) is 0 Å². The van der Waals surface area contributed by atoms with Crippen molar-refractivity contribution in [2.45, 2.75) is 13.8 Å². The standard InChI is InChI=1S/C8H11BrN2O/c1-3-12-8-7(9)6(10)4-5(2)11-8/h4H,3H2,1-2H3,(H2,10,11). The van der Waals surface area contributed by atoms with Gasteiger partial charge in [0.1, 0.15) is 4.47 Å². The maximum absolute atomic E-state index is 5.68. The summed E-state index contributed by atoms with van der Waals surface area (Å²) in [6, 6.07) is 1.80. The summed E-state index contributed by atoms with van der Waals surface area (Å²) in [5.41, 5.74) is 7.20. The fraction of sp³-hybridized carbons (Fsp3) is 0.375. The molecule has 0 amide bonds. The van der Waals surface area contributed by atoms with Crippen LogP contribution in [0, 0.1) is 6.92 Å². The Morgan fingerprint density at radius 1 is 1.67 bits per heavy atom. The average Bonchev–Trinajstić information content (AvgIpc) is 2.00. The lowest BCUT2D eigenvalue weighted by Gasteiger charge is -2.07. The zero-order valence-electron chi connectivity index (χ0n) is 7.10. The second kappa shape index (κ2) is 3.76. The Balaban J connectivity index is 3.09. The first-order valence-corrected chi connectivity index (χ1v) is 4.50. The van der Waals surface area contributed by atoms with Crippen molar-refractivity contribution >= 4 is 21.6 Å². The molecule has 1 rings (SSSR count). The van der Waals surface area contributed by atoms with Gasteiger partial charge in [-0.15, -0.1) is 0 Å². The van der Waals surface area contributed by atoms with E-state index in [4.69, 9.17) is 10.5 Å². The van der Waals surface area contributed by atoms with Crippen LogP contribution in [0.15, 0.2) is 10.5 Å². The number of hydrogen-bond donors (Lipinski definition) is 1. The highest BCUT2D eigenvalue weighted by atomic mass is 79.9. The molecule has 0 unspecified atom stereocenters. The van der Waals surface area contributed by atoms with Gasteiger partial charge in [0.05, 0.1) is 12.3 Å². The molecule has 1 heterocycles. The molecule has 4 heteroatoms.